The summed E-state index contributed by atoms with van der Waals surface area (Å²) >= 11 is 0. The predicted octanol–water partition coefficient (Wildman–Crippen LogP) is 0.0852. The smallest absolute Gasteiger partial charge is 0.223 e. The molecule has 128 valence electrons. The van der Waals surface area contributed by atoms with Gasteiger partial charge >= 0.3 is 0 Å². The monoisotopic (exact) mass is 323 g/mol. The first-order valence-electron chi connectivity index (χ1n) is 8.41. The van der Waals surface area contributed by atoms with Crippen molar-refractivity contribution in [1.29, 1.82) is 0 Å². The van der Waals surface area contributed by atoms with Crippen molar-refractivity contribution < 1.29 is 19.2 Å². The third-order valence-corrected chi connectivity index (χ3v) is 4.44. The standard InChI is InChI=1S/C16H25N3O4/c20-12-13-4-1-11-19(13)16(23)7-6-14(21)17-8-3-10-18-9-2-5-15(18)22/h12-13H,1-11H2,(H,17,21)/t13-/m0/s1. The molecule has 0 unspecified atom stereocenters. The molecule has 2 aliphatic rings. The summed E-state index contributed by atoms with van der Waals surface area (Å²) < 4.78 is 0. The van der Waals surface area contributed by atoms with E-state index < -0.39 is 0 Å². The Bertz CT molecular complexity index is 466. The molecule has 0 aliphatic carbocycles. The Kier molecular flexibility index (Phi) is 6.55. The highest BCUT2D eigenvalue weighted by Crippen LogP contribution is 2.16. The number of rotatable bonds is 8. The molecule has 1 N–H and O–H groups in total. The fourth-order valence-corrected chi connectivity index (χ4v) is 3.13. The third kappa shape index (κ3) is 5.04. The van der Waals surface area contributed by atoms with Crippen LogP contribution >= 0.6 is 0 Å². The number of aldehydes is 1. The fraction of sp³-hybridized carbons (Fsp3) is 0.750. The van der Waals surface area contributed by atoms with Gasteiger partial charge in [0.05, 0.1) is 6.04 Å². The average Bonchev–Trinajstić information content (AvgIpc) is 3.18. The van der Waals surface area contributed by atoms with Crippen molar-refractivity contribution in [2.75, 3.05) is 26.2 Å². The highest BCUT2D eigenvalue weighted by atomic mass is 16.2. The zero-order valence-electron chi connectivity index (χ0n) is 13.5. The molecular weight excluding hydrogens is 298 g/mol. The van der Waals surface area contributed by atoms with E-state index in [2.05, 4.69) is 5.32 Å². The van der Waals surface area contributed by atoms with E-state index in [1.54, 1.807) is 4.90 Å². The predicted molar refractivity (Wildman–Crippen MR) is 83.5 cm³/mol. The van der Waals surface area contributed by atoms with Gasteiger partial charge in [-0.05, 0) is 25.7 Å². The average molecular weight is 323 g/mol. The van der Waals surface area contributed by atoms with Gasteiger partial charge in [0.25, 0.3) is 0 Å². The van der Waals surface area contributed by atoms with E-state index in [1.807, 2.05) is 4.90 Å². The normalized spacial score (nSPS) is 20.9. The quantitative estimate of drug-likeness (QED) is 0.506. The lowest BCUT2D eigenvalue weighted by Gasteiger charge is -2.20. The van der Waals surface area contributed by atoms with Gasteiger partial charge in [-0.3, -0.25) is 14.4 Å². The molecule has 0 saturated carbocycles. The van der Waals surface area contributed by atoms with Crippen LogP contribution < -0.4 is 5.32 Å². The van der Waals surface area contributed by atoms with E-state index in [0.29, 0.717) is 26.1 Å². The third-order valence-electron chi connectivity index (χ3n) is 4.44. The summed E-state index contributed by atoms with van der Waals surface area (Å²) in [6.45, 7) is 2.60. The highest BCUT2D eigenvalue weighted by molar-refractivity contribution is 5.85. The van der Waals surface area contributed by atoms with Crippen LogP contribution in [0.1, 0.15) is 44.9 Å². The Labute approximate surface area is 136 Å². The van der Waals surface area contributed by atoms with Crippen molar-refractivity contribution in [3.63, 3.8) is 0 Å². The van der Waals surface area contributed by atoms with Crippen LogP contribution in [0.5, 0.6) is 0 Å². The minimum Gasteiger partial charge on any atom is -0.356 e. The van der Waals surface area contributed by atoms with Crippen molar-refractivity contribution in [2.24, 2.45) is 0 Å². The first-order chi connectivity index (χ1) is 11.1. The van der Waals surface area contributed by atoms with Crippen molar-refractivity contribution in [3.8, 4) is 0 Å². The molecule has 0 aromatic heterocycles. The van der Waals surface area contributed by atoms with E-state index in [9.17, 15) is 19.2 Å². The Morgan fingerprint density at radius 3 is 2.74 bits per heavy atom. The number of carbonyl (C=O) groups excluding carboxylic acids is 4. The van der Waals surface area contributed by atoms with Crippen molar-refractivity contribution in [1.82, 2.24) is 15.1 Å². The summed E-state index contributed by atoms with van der Waals surface area (Å²) in [6.07, 6.45) is 4.94. The second-order valence-corrected chi connectivity index (χ2v) is 6.12. The molecule has 7 nitrogen and oxygen atoms in total. The van der Waals surface area contributed by atoms with Crippen LogP contribution in [-0.2, 0) is 19.2 Å². The molecule has 0 bridgehead atoms. The van der Waals surface area contributed by atoms with E-state index in [4.69, 9.17) is 0 Å². The van der Waals surface area contributed by atoms with Gasteiger partial charge in [-0.1, -0.05) is 0 Å². The minimum atomic E-state index is -0.316. The number of hydrogen-bond donors (Lipinski definition) is 1. The molecule has 3 amide bonds. The van der Waals surface area contributed by atoms with E-state index >= 15 is 0 Å². The van der Waals surface area contributed by atoms with E-state index in [0.717, 1.165) is 38.5 Å². The number of amides is 3. The zero-order valence-corrected chi connectivity index (χ0v) is 13.5. The Morgan fingerprint density at radius 1 is 1.22 bits per heavy atom. The molecule has 2 rings (SSSR count). The molecule has 2 fully saturated rings. The topological polar surface area (TPSA) is 86.8 Å². The van der Waals surface area contributed by atoms with Gasteiger partial charge in [0.2, 0.25) is 17.7 Å². The second-order valence-electron chi connectivity index (χ2n) is 6.12. The Balaban J connectivity index is 1.57. The molecule has 0 aromatic rings. The largest absolute Gasteiger partial charge is 0.356 e. The summed E-state index contributed by atoms with van der Waals surface area (Å²) in [6, 6.07) is -0.316. The molecule has 2 aliphatic heterocycles. The SMILES string of the molecule is O=C[C@@H]1CCCN1C(=O)CCC(=O)NCCCN1CCCC1=O. The maximum Gasteiger partial charge on any atom is 0.223 e. The van der Waals surface area contributed by atoms with Crippen molar-refractivity contribution in [2.45, 2.75) is 51.0 Å². The minimum absolute atomic E-state index is 0.127. The van der Waals surface area contributed by atoms with Gasteiger partial charge in [-0.2, -0.15) is 0 Å². The fourth-order valence-electron chi connectivity index (χ4n) is 3.13. The molecule has 1 atom stereocenters. The van der Waals surface area contributed by atoms with Crippen LogP contribution in [0.15, 0.2) is 0 Å². The van der Waals surface area contributed by atoms with Crippen LogP contribution in [0.4, 0.5) is 0 Å². The van der Waals surface area contributed by atoms with Gasteiger partial charge in [-0.15, -0.1) is 0 Å². The summed E-state index contributed by atoms with van der Waals surface area (Å²) in [4.78, 5) is 49.4. The lowest BCUT2D eigenvalue weighted by atomic mass is 10.2. The number of hydrogen-bond acceptors (Lipinski definition) is 4. The van der Waals surface area contributed by atoms with Crippen LogP contribution in [0, 0.1) is 0 Å². The van der Waals surface area contributed by atoms with Gasteiger partial charge in [-0.25, -0.2) is 0 Å². The lowest BCUT2D eigenvalue weighted by molar-refractivity contribution is -0.136. The molecule has 2 saturated heterocycles. The van der Waals surface area contributed by atoms with Gasteiger partial charge in [0.1, 0.15) is 6.29 Å². The Morgan fingerprint density at radius 2 is 2.04 bits per heavy atom. The highest BCUT2D eigenvalue weighted by Gasteiger charge is 2.28. The first-order valence-corrected chi connectivity index (χ1v) is 8.41. The molecule has 0 aromatic carbocycles. The van der Waals surface area contributed by atoms with Gasteiger partial charge in [0, 0.05) is 45.4 Å². The summed E-state index contributed by atoms with van der Waals surface area (Å²) in [5, 5.41) is 2.78. The molecule has 0 radical (unpaired) electrons. The first kappa shape index (κ1) is 17.4. The van der Waals surface area contributed by atoms with Gasteiger partial charge in [0.15, 0.2) is 0 Å². The number of carbonyl (C=O) groups is 4. The zero-order chi connectivity index (χ0) is 16.7. The maximum absolute atomic E-state index is 12.0. The molecular formula is C16H25N3O4. The molecule has 7 heteroatoms. The van der Waals surface area contributed by atoms with Crippen LogP contribution in [0.25, 0.3) is 0 Å². The maximum atomic E-state index is 12.0. The number of nitrogens with zero attached hydrogens (tertiary/aromatic N) is 2. The van der Waals surface area contributed by atoms with Crippen molar-refractivity contribution >= 4 is 24.0 Å². The van der Waals surface area contributed by atoms with Crippen LogP contribution in [0.3, 0.4) is 0 Å². The Hall–Kier alpha value is -1.92. The lowest BCUT2D eigenvalue weighted by Crippen LogP contribution is -2.37. The van der Waals surface area contributed by atoms with Crippen LogP contribution in [-0.4, -0.2) is 66.0 Å². The van der Waals surface area contributed by atoms with E-state index in [-0.39, 0.29) is 36.6 Å². The van der Waals surface area contributed by atoms with Crippen molar-refractivity contribution in [3.05, 3.63) is 0 Å². The van der Waals surface area contributed by atoms with E-state index in [1.165, 1.54) is 0 Å². The summed E-state index contributed by atoms with van der Waals surface area (Å²) in [5.41, 5.74) is 0. The van der Waals surface area contributed by atoms with Gasteiger partial charge < -0.3 is 19.9 Å². The number of nitrogens with one attached hydrogen (secondary N) is 1. The van der Waals surface area contributed by atoms with Crippen LogP contribution in [0.2, 0.25) is 0 Å². The molecule has 23 heavy (non-hydrogen) atoms. The molecule has 0 spiro atoms. The second kappa shape index (κ2) is 8.64. The number of likely N-dealkylation sites (tertiary alicyclic amines) is 2. The summed E-state index contributed by atoms with van der Waals surface area (Å²) in [5.74, 6) is -0.0948. The summed E-state index contributed by atoms with van der Waals surface area (Å²) in [7, 11) is 0. The molecule has 2 heterocycles.